The van der Waals surface area contributed by atoms with Gasteiger partial charge in [0, 0.05) is 16.1 Å². The molecule has 0 fully saturated rings. The van der Waals surface area contributed by atoms with Crippen molar-refractivity contribution in [3.8, 4) is 5.75 Å². The topological polar surface area (TPSA) is 75.4 Å². The third kappa shape index (κ3) is 3.51. The summed E-state index contributed by atoms with van der Waals surface area (Å²) in [6.07, 6.45) is 0. The first-order chi connectivity index (χ1) is 9.88. The summed E-state index contributed by atoms with van der Waals surface area (Å²) < 4.78 is 0. The number of rotatable bonds is 3. The van der Waals surface area contributed by atoms with E-state index >= 15 is 0 Å². The molecule has 4 N–H and O–H groups in total. The van der Waals surface area contributed by atoms with Gasteiger partial charge >= 0.3 is 0 Å². The van der Waals surface area contributed by atoms with Gasteiger partial charge in [-0.2, -0.15) is 0 Å². The molecular formula is C15H13ClN2O2S. The summed E-state index contributed by atoms with van der Waals surface area (Å²) >= 11 is 10.9. The summed E-state index contributed by atoms with van der Waals surface area (Å²) in [6, 6.07) is 9.54. The highest BCUT2D eigenvalue weighted by molar-refractivity contribution is 7.80. The Morgan fingerprint density at radius 2 is 2.00 bits per heavy atom. The van der Waals surface area contributed by atoms with E-state index in [4.69, 9.17) is 29.6 Å². The molecule has 1 amide bonds. The molecule has 0 unspecified atom stereocenters. The highest BCUT2D eigenvalue weighted by Crippen LogP contribution is 2.23. The number of thiocarbonyl (C=S) groups is 1. The van der Waals surface area contributed by atoms with Crippen LogP contribution in [0.3, 0.4) is 0 Å². The van der Waals surface area contributed by atoms with Gasteiger partial charge in [0.25, 0.3) is 5.91 Å². The van der Waals surface area contributed by atoms with Crippen molar-refractivity contribution < 1.29 is 9.90 Å². The summed E-state index contributed by atoms with van der Waals surface area (Å²) in [5, 5.41) is 12.8. The number of hydrogen-bond acceptors (Lipinski definition) is 3. The molecule has 4 nitrogen and oxygen atoms in total. The lowest BCUT2D eigenvalue weighted by Gasteiger charge is -2.11. The molecule has 21 heavy (non-hydrogen) atoms. The van der Waals surface area contributed by atoms with Crippen LogP contribution in [0, 0.1) is 6.92 Å². The van der Waals surface area contributed by atoms with Crippen molar-refractivity contribution in [3.05, 3.63) is 58.1 Å². The van der Waals surface area contributed by atoms with Gasteiger partial charge in [0.2, 0.25) is 0 Å². The van der Waals surface area contributed by atoms with E-state index in [1.807, 2.05) is 0 Å². The Balaban J connectivity index is 2.33. The quantitative estimate of drug-likeness (QED) is 0.759. The maximum absolute atomic E-state index is 12.2. The van der Waals surface area contributed by atoms with Gasteiger partial charge < -0.3 is 16.2 Å². The molecule has 0 atom stereocenters. The van der Waals surface area contributed by atoms with Crippen LogP contribution in [0.15, 0.2) is 36.4 Å². The third-order valence-electron chi connectivity index (χ3n) is 2.97. The molecule has 6 heteroatoms. The first-order valence-electron chi connectivity index (χ1n) is 6.09. The summed E-state index contributed by atoms with van der Waals surface area (Å²) in [5.41, 5.74) is 7.60. The highest BCUT2D eigenvalue weighted by atomic mass is 35.5. The van der Waals surface area contributed by atoms with E-state index in [9.17, 15) is 9.90 Å². The van der Waals surface area contributed by atoms with E-state index in [1.165, 1.54) is 6.07 Å². The normalized spacial score (nSPS) is 10.2. The first kappa shape index (κ1) is 15.3. The fraction of sp³-hybridized carbons (Fsp3) is 0.0667. The molecule has 0 bridgehead atoms. The minimum atomic E-state index is -0.384. The Bertz CT molecular complexity index is 732. The molecule has 0 saturated heterocycles. The molecule has 0 spiro atoms. The summed E-state index contributed by atoms with van der Waals surface area (Å²) in [6.45, 7) is 1.75. The zero-order valence-electron chi connectivity index (χ0n) is 11.2. The SMILES string of the molecule is Cc1ccc(C(=O)Nc2cc(Cl)ccc2C(N)=S)cc1O. The summed E-state index contributed by atoms with van der Waals surface area (Å²) in [4.78, 5) is 12.4. The van der Waals surface area contributed by atoms with Gasteiger partial charge in [-0.1, -0.05) is 29.9 Å². The molecule has 2 rings (SSSR count). The van der Waals surface area contributed by atoms with Crippen LogP contribution in [0.4, 0.5) is 5.69 Å². The lowest BCUT2D eigenvalue weighted by atomic mass is 10.1. The highest BCUT2D eigenvalue weighted by Gasteiger charge is 2.12. The molecule has 0 aliphatic rings. The Morgan fingerprint density at radius 3 is 2.62 bits per heavy atom. The minimum absolute atomic E-state index is 0.0586. The van der Waals surface area contributed by atoms with Gasteiger partial charge in [-0.05, 0) is 42.8 Å². The molecule has 0 radical (unpaired) electrons. The van der Waals surface area contributed by atoms with Crippen LogP contribution in [-0.2, 0) is 0 Å². The fourth-order valence-corrected chi connectivity index (χ4v) is 2.13. The molecular weight excluding hydrogens is 308 g/mol. The number of nitrogens with two attached hydrogens (primary N) is 1. The summed E-state index contributed by atoms with van der Waals surface area (Å²) in [5.74, 6) is -0.326. The molecule has 0 aromatic heterocycles. The maximum atomic E-state index is 12.2. The van der Waals surface area contributed by atoms with Crippen LogP contribution in [0.25, 0.3) is 0 Å². The largest absolute Gasteiger partial charge is 0.508 e. The number of hydrogen-bond donors (Lipinski definition) is 3. The van der Waals surface area contributed by atoms with E-state index < -0.39 is 0 Å². The van der Waals surface area contributed by atoms with E-state index in [0.717, 1.165) is 0 Å². The maximum Gasteiger partial charge on any atom is 0.255 e. The Labute approximate surface area is 132 Å². The van der Waals surface area contributed by atoms with Crippen LogP contribution < -0.4 is 11.1 Å². The second-order valence-electron chi connectivity index (χ2n) is 4.51. The number of carbonyl (C=O) groups is 1. The smallest absolute Gasteiger partial charge is 0.255 e. The Morgan fingerprint density at radius 1 is 1.29 bits per heavy atom. The number of amides is 1. The minimum Gasteiger partial charge on any atom is -0.508 e. The lowest BCUT2D eigenvalue weighted by Crippen LogP contribution is -2.17. The zero-order chi connectivity index (χ0) is 15.6. The second-order valence-corrected chi connectivity index (χ2v) is 5.39. The van der Waals surface area contributed by atoms with Gasteiger partial charge in [-0.3, -0.25) is 4.79 Å². The van der Waals surface area contributed by atoms with Gasteiger partial charge in [-0.25, -0.2) is 0 Å². The van der Waals surface area contributed by atoms with Gasteiger partial charge in [0.05, 0.1) is 5.69 Å². The van der Waals surface area contributed by atoms with Crippen LogP contribution in [0.1, 0.15) is 21.5 Å². The van der Waals surface area contributed by atoms with Crippen molar-refractivity contribution in [2.45, 2.75) is 6.92 Å². The van der Waals surface area contributed by atoms with Gasteiger partial charge in [0.15, 0.2) is 0 Å². The predicted octanol–water partition coefficient (Wildman–Crippen LogP) is 3.24. The number of nitrogens with one attached hydrogen (secondary N) is 1. The van der Waals surface area contributed by atoms with Crippen LogP contribution in [0.2, 0.25) is 5.02 Å². The molecule has 108 valence electrons. The third-order valence-corrected chi connectivity index (χ3v) is 3.42. The van der Waals surface area contributed by atoms with Crippen molar-refractivity contribution in [1.29, 1.82) is 0 Å². The number of aromatic hydroxyl groups is 1. The van der Waals surface area contributed by atoms with E-state index in [2.05, 4.69) is 5.32 Å². The van der Waals surface area contributed by atoms with Crippen molar-refractivity contribution in [2.24, 2.45) is 5.73 Å². The molecule has 2 aromatic rings. The second kappa shape index (κ2) is 6.11. The van der Waals surface area contributed by atoms with E-state index in [-0.39, 0.29) is 16.6 Å². The van der Waals surface area contributed by atoms with Crippen molar-refractivity contribution in [3.63, 3.8) is 0 Å². The van der Waals surface area contributed by atoms with Crippen molar-refractivity contribution in [1.82, 2.24) is 0 Å². The van der Waals surface area contributed by atoms with Crippen LogP contribution >= 0.6 is 23.8 Å². The molecule has 0 saturated carbocycles. The number of aryl methyl sites for hydroxylation is 1. The predicted molar refractivity (Wildman–Crippen MR) is 88.1 cm³/mol. The number of anilines is 1. The average Bonchev–Trinajstić information content (AvgIpc) is 2.41. The van der Waals surface area contributed by atoms with Crippen LogP contribution in [0.5, 0.6) is 5.75 Å². The monoisotopic (exact) mass is 320 g/mol. The number of halogens is 1. The van der Waals surface area contributed by atoms with Gasteiger partial charge in [-0.15, -0.1) is 0 Å². The zero-order valence-corrected chi connectivity index (χ0v) is 12.8. The number of benzene rings is 2. The van der Waals surface area contributed by atoms with Gasteiger partial charge in [0.1, 0.15) is 10.7 Å². The number of carbonyl (C=O) groups excluding carboxylic acids is 1. The van der Waals surface area contributed by atoms with E-state index in [0.29, 0.717) is 27.4 Å². The van der Waals surface area contributed by atoms with E-state index in [1.54, 1.807) is 37.3 Å². The van der Waals surface area contributed by atoms with Crippen molar-refractivity contribution >= 4 is 40.4 Å². The average molecular weight is 321 g/mol. The fourth-order valence-electron chi connectivity index (χ4n) is 1.78. The standard InChI is InChI=1S/C15H13ClN2O2S/c1-8-2-3-9(6-13(8)19)15(20)18-12-7-10(16)4-5-11(12)14(17)21/h2-7,19H,1H3,(H2,17,21)(H,18,20). The molecule has 0 aliphatic carbocycles. The Kier molecular flexibility index (Phi) is 4.45. The molecule has 0 heterocycles. The lowest BCUT2D eigenvalue weighted by molar-refractivity contribution is 0.102. The molecule has 2 aromatic carbocycles. The first-order valence-corrected chi connectivity index (χ1v) is 6.87. The van der Waals surface area contributed by atoms with Crippen LogP contribution in [-0.4, -0.2) is 16.0 Å². The van der Waals surface area contributed by atoms with Crippen molar-refractivity contribution in [2.75, 3.05) is 5.32 Å². The number of phenolic OH excluding ortho intramolecular Hbond substituents is 1. The summed E-state index contributed by atoms with van der Waals surface area (Å²) in [7, 11) is 0. The molecule has 0 aliphatic heterocycles. The Hall–Kier alpha value is -2.11. The number of phenols is 1.